The number of carbonyl (C=O) groups is 2. The molecule has 6 heteroatoms. The monoisotopic (exact) mass is 325 g/mol. The van der Waals surface area contributed by atoms with E-state index in [0.717, 1.165) is 15.6 Å². The van der Waals surface area contributed by atoms with Crippen LogP contribution in [0.5, 0.6) is 0 Å². The number of fused-ring (bicyclic) bond motifs is 1. The normalized spacial score (nSPS) is 12.6. The van der Waals surface area contributed by atoms with Crippen molar-refractivity contribution in [1.29, 1.82) is 0 Å². The highest BCUT2D eigenvalue weighted by Crippen LogP contribution is 2.28. The number of thiophene rings is 1. The number of benzene rings is 1. The van der Waals surface area contributed by atoms with Gasteiger partial charge in [-0.25, -0.2) is 4.79 Å². The fourth-order valence-electron chi connectivity index (χ4n) is 2.10. The summed E-state index contributed by atoms with van der Waals surface area (Å²) < 4.78 is 1.06. The number of rotatable bonds is 5. The van der Waals surface area contributed by atoms with E-state index in [1.165, 1.54) is 0 Å². The second-order valence-corrected chi connectivity index (χ2v) is 6.55. The molecule has 0 unspecified atom stereocenters. The molecule has 0 aliphatic carbocycles. The molecule has 1 amide bonds. The van der Waals surface area contributed by atoms with E-state index in [4.69, 9.17) is 16.7 Å². The summed E-state index contributed by atoms with van der Waals surface area (Å²) in [5.74, 6) is -1.48. The number of halogens is 1. The van der Waals surface area contributed by atoms with Crippen LogP contribution in [0, 0.1) is 5.92 Å². The quantitative estimate of drug-likeness (QED) is 0.886. The second kappa shape index (κ2) is 6.45. The third-order valence-electron chi connectivity index (χ3n) is 3.22. The van der Waals surface area contributed by atoms with E-state index in [2.05, 4.69) is 5.32 Å². The number of aliphatic carboxylic acids is 1. The number of hydrogen-bond acceptors (Lipinski definition) is 3. The maximum Gasteiger partial charge on any atom is 0.326 e. The van der Waals surface area contributed by atoms with Crippen LogP contribution in [-0.2, 0) is 16.0 Å². The summed E-state index contributed by atoms with van der Waals surface area (Å²) in [6.45, 7) is 3.53. The fourth-order valence-corrected chi connectivity index (χ4v) is 3.22. The minimum absolute atomic E-state index is 0.150. The van der Waals surface area contributed by atoms with E-state index in [1.54, 1.807) is 25.2 Å². The van der Waals surface area contributed by atoms with Crippen molar-refractivity contribution < 1.29 is 14.7 Å². The number of carboxylic acid groups (broad SMARTS) is 1. The molecule has 21 heavy (non-hydrogen) atoms. The van der Waals surface area contributed by atoms with E-state index in [1.807, 2.05) is 23.6 Å². The number of carboxylic acids is 1. The molecule has 0 saturated heterocycles. The molecule has 1 heterocycles. The predicted molar refractivity (Wildman–Crippen MR) is 84.9 cm³/mol. The minimum Gasteiger partial charge on any atom is -0.480 e. The Morgan fingerprint density at radius 2 is 2.10 bits per heavy atom. The van der Waals surface area contributed by atoms with Gasteiger partial charge >= 0.3 is 5.97 Å². The highest BCUT2D eigenvalue weighted by molar-refractivity contribution is 7.17. The lowest BCUT2D eigenvalue weighted by molar-refractivity contribution is -0.143. The van der Waals surface area contributed by atoms with Crippen molar-refractivity contribution in [3.05, 3.63) is 34.2 Å². The average Bonchev–Trinajstić information content (AvgIpc) is 2.78. The largest absolute Gasteiger partial charge is 0.480 e. The summed E-state index contributed by atoms with van der Waals surface area (Å²) in [5.41, 5.74) is 0.864. The minimum atomic E-state index is -1.02. The molecule has 1 aromatic heterocycles. The Hall–Kier alpha value is -1.59. The lowest BCUT2D eigenvalue weighted by atomic mass is 10.0. The average molecular weight is 326 g/mol. The highest BCUT2D eigenvalue weighted by atomic mass is 35.5. The van der Waals surface area contributed by atoms with Gasteiger partial charge in [0.1, 0.15) is 6.04 Å². The zero-order chi connectivity index (χ0) is 15.6. The van der Waals surface area contributed by atoms with Gasteiger partial charge in [0.05, 0.1) is 6.42 Å². The van der Waals surface area contributed by atoms with Gasteiger partial charge in [-0.1, -0.05) is 25.4 Å². The molecule has 0 fully saturated rings. The molecule has 1 atom stereocenters. The van der Waals surface area contributed by atoms with Crippen LogP contribution in [0.3, 0.4) is 0 Å². The van der Waals surface area contributed by atoms with Crippen molar-refractivity contribution in [2.24, 2.45) is 5.92 Å². The Balaban J connectivity index is 2.14. The van der Waals surface area contributed by atoms with Crippen molar-refractivity contribution in [2.45, 2.75) is 26.3 Å². The molecule has 112 valence electrons. The summed E-state index contributed by atoms with van der Waals surface area (Å²) in [5, 5.41) is 15.1. The lowest BCUT2D eigenvalue weighted by Crippen LogP contribution is -2.44. The van der Waals surface area contributed by atoms with Crippen molar-refractivity contribution in [3.63, 3.8) is 0 Å². The number of nitrogens with one attached hydrogen (secondary N) is 1. The zero-order valence-corrected chi connectivity index (χ0v) is 13.3. The van der Waals surface area contributed by atoms with Gasteiger partial charge in [-0.3, -0.25) is 4.79 Å². The van der Waals surface area contributed by atoms with Crippen LogP contribution in [0.4, 0.5) is 0 Å². The van der Waals surface area contributed by atoms with Crippen molar-refractivity contribution in [2.75, 3.05) is 0 Å². The molecular weight excluding hydrogens is 310 g/mol. The predicted octanol–water partition coefficient (Wildman–Crippen LogP) is 3.32. The molecule has 0 aliphatic rings. The molecule has 0 saturated carbocycles. The maximum absolute atomic E-state index is 12.1. The van der Waals surface area contributed by atoms with Gasteiger partial charge in [0.25, 0.3) is 0 Å². The van der Waals surface area contributed by atoms with E-state index in [9.17, 15) is 9.59 Å². The van der Waals surface area contributed by atoms with Crippen LogP contribution < -0.4 is 5.32 Å². The van der Waals surface area contributed by atoms with Crippen LogP contribution in [0.15, 0.2) is 23.6 Å². The Morgan fingerprint density at radius 1 is 1.38 bits per heavy atom. The fraction of sp³-hybridized carbons (Fsp3) is 0.333. The Morgan fingerprint density at radius 3 is 2.71 bits per heavy atom. The summed E-state index contributed by atoms with van der Waals surface area (Å²) in [7, 11) is 0. The first kappa shape index (κ1) is 15.8. The molecular formula is C15H16ClNO3S. The summed E-state index contributed by atoms with van der Waals surface area (Å²) in [4.78, 5) is 23.2. The lowest BCUT2D eigenvalue weighted by Gasteiger charge is -2.17. The van der Waals surface area contributed by atoms with Gasteiger partial charge < -0.3 is 10.4 Å². The van der Waals surface area contributed by atoms with Crippen LogP contribution in [0.2, 0.25) is 5.02 Å². The SMILES string of the molecule is CC(C)[C@H](NC(=O)Cc1csc2ccc(Cl)cc12)C(=O)O. The first-order valence-corrected chi connectivity index (χ1v) is 7.82. The summed E-state index contributed by atoms with van der Waals surface area (Å²) in [6, 6.07) is 4.68. The molecule has 2 rings (SSSR count). The number of hydrogen-bond donors (Lipinski definition) is 2. The standard InChI is InChI=1S/C15H16ClNO3S/c1-8(2)14(15(19)20)17-13(18)5-9-7-21-12-4-3-10(16)6-11(9)12/h3-4,6-8,14H,5H2,1-2H3,(H,17,18)(H,19,20)/t14-/m0/s1. The van der Waals surface area contributed by atoms with Gasteiger partial charge in [-0.2, -0.15) is 0 Å². The van der Waals surface area contributed by atoms with Gasteiger partial charge in [0, 0.05) is 9.72 Å². The summed E-state index contributed by atoms with van der Waals surface area (Å²) in [6.07, 6.45) is 0.150. The van der Waals surface area contributed by atoms with Crippen molar-refractivity contribution in [3.8, 4) is 0 Å². The molecule has 2 N–H and O–H groups in total. The van der Waals surface area contributed by atoms with Gasteiger partial charge in [0.2, 0.25) is 5.91 Å². The smallest absolute Gasteiger partial charge is 0.326 e. The van der Waals surface area contributed by atoms with Gasteiger partial charge in [0.15, 0.2) is 0 Å². The third kappa shape index (κ3) is 3.74. The first-order chi connectivity index (χ1) is 9.88. The Labute approximate surface area is 131 Å². The van der Waals surface area contributed by atoms with Crippen LogP contribution in [-0.4, -0.2) is 23.0 Å². The molecule has 0 bridgehead atoms. The van der Waals surface area contributed by atoms with Crippen LogP contribution in [0.1, 0.15) is 19.4 Å². The van der Waals surface area contributed by atoms with Crippen LogP contribution in [0.25, 0.3) is 10.1 Å². The molecule has 4 nitrogen and oxygen atoms in total. The van der Waals surface area contributed by atoms with E-state index < -0.39 is 12.0 Å². The Kier molecular flexibility index (Phi) is 4.85. The third-order valence-corrected chi connectivity index (χ3v) is 4.46. The van der Waals surface area contributed by atoms with E-state index in [-0.39, 0.29) is 18.2 Å². The molecule has 2 aromatic rings. The van der Waals surface area contributed by atoms with E-state index in [0.29, 0.717) is 5.02 Å². The Bertz CT molecular complexity index is 681. The van der Waals surface area contributed by atoms with Gasteiger partial charge in [-0.15, -0.1) is 11.3 Å². The topological polar surface area (TPSA) is 66.4 Å². The molecule has 0 radical (unpaired) electrons. The van der Waals surface area contributed by atoms with Crippen molar-refractivity contribution >= 4 is 44.9 Å². The van der Waals surface area contributed by atoms with E-state index >= 15 is 0 Å². The van der Waals surface area contributed by atoms with Gasteiger partial charge in [-0.05, 0) is 40.4 Å². The van der Waals surface area contributed by atoms with Crippen LogP contribution >= 0.6 is 22.9 Å². The number of amides is 1. The van der Waals surface area contributed by atoms with Crippen molar-refractivity contribution in [1.82, 2.24) is 5.32 Å². The zero-order valence-electron chi connectivity index (χ0n) is 11.7. The second-order valence-electron chi connectivity index (χ2n) is 5.21. The molecule has 0 spiro atoms. The first-order valence-electron chi connectivity index (χ1n) is 6.56. The maximum atomic E-state index is 12.1. The summed E-state index contributed by atoms with van der Waals surface area (Å²) >= 11 is 7.52. The molecule has 0 aliphatic heterocycles. The molecule has 1 aromatic carbocycles. The highest BCUT2D eigenvalue weighted by Gasteiger charge is 2.23. The number of carbonyl (C=O) groups excluding carboxylic acids is 1.